The summed E-state index contributed by atoms with van der Waals surface area (Å²) in [5, 5.41) is 10.6. The Morgan fingerprint density at radius 3 is 2.18 bits per heavy atom. The molecule has 1 atom stereocenters. The van der Waals surface area contributed by atoms with Crippen molar-refractivity contribution in [3.8, 4) is 11.3 Å². The van der Waals surface area contributed by atoms with Gasteiger partial charge in [-0.15, -0.1) is 23.1 Å². The number of anilines is 2. The molecule has 0 aliphatic heterocycles. The van der Waals surface area contributed by atoms with Gasteiger partial charge in [0.1, 0.15) is 5.70 Å². The minimum atomic E-state index is -0.461. The summed E-state index contributed by atoms with van der Waals surface area (Å²) in [4.78, 5) is 44.4. The predicted octanol–water partition coefficient (Wildman–Crippen LogP) is 8.10. The number of carbonyl (C=O) groups is 3. The molecule has 0 fully saturated rings. The van der Waals surface area contributed by atoms with Crippen molar-refractivity contribution in [3.63, 3.8) is 0 Å². The van der Waals surface area contributed by atoms with Gasteiger partial charge in [0.25, 0.3) is 11.8 Å². The Balaban J connectivity index is 1.20. The van der Waals surface area contributed by atoms with Crippen molar-refractivity contribution >= 4 is 73.6 Å². The summed E-state index contributed by atoms with van der Waals surface area (Å²) in [6.07, 6.45) is 1.63. The Morgan fingerprint density at radius 1 is 0.841 bits per heavy atom. The van der Waals surface area contributed by atoms with E-state index in [1.165, 1.54) is 23.1 Å². The fraction of sp³-hybridized carbons (Fsp3) is 0.0588. The molecular formula is C34H27BrN4O3S2. The summed E-state index contributed by atoms with van der Waals surface area (Å²) in [5.74, 6) is -1.00. The minimum absolute atomic E-state index is 0.110. The molecule has 1 heterocycles. The second-order valence-electron chi connectivity index (χ2n) is 9.56. The van der Waals surface area contributed by atoms with Gasteiger partial charge < -0.3 is 16.0 Å². The van der Waals surface area contributed by atoms with E-state index < -0.39 is 5.91 Å². The molecule has 1 aromatic heterocycles. The van der Waals surface area contributed by atoms with Crippen molar-refractivity contribution < 1.29 is 14.4 Å². The molecule has 0 spiro atoms. The van der Waals surface area contributed by atoms with Gasteiger partial charge in [0, 0.05) is 31.6 Å². The standard InChI is InChI=1S/C34H27BrN4O3S2/c1-22(31(40)39-34-38-30(21-43-34)24-12-14-26(35)15-13-24)44-28-18-16-27(17-19-28)36-33(42)29(20-23-8-4-2-5-9-23)37-32(41)25-10-6-3-7-11-25/h2-22H,1H3,(H,36,42)(H,37,41)(H,38,39,40)/b29-20-. The van der Waals surface area contributed by atoms with Crippen LogP contribution in [0.3, 0.4) is 0 Å². The number of nitrogens with zero attached hydrogens (tertiary/aromatic N) is 1. The normalized spacial score (nSPS) is 11.8. The van der Waals surface area contributed by atoms with Gasteiger partial charge in [0.05, 0.1) is 10.9 Å². The molecule has 44 heavy (non-hydrogen) atoms. The van der Waals surface area contributed by atoms with E-state index in [0.717, 1.165) is 26.2 Å². The van der Waals surface area contributed by atoms with Crippen LogP contribution in [0.2, 0.25) is 0 Å². The molecule has 0 aliphatic rings. The molecule has 5 aromatic rings. The average Bonchev–Trinajstić information content (AvgIpc) is 3.51. The molecule has 0 aliphatic carbocycles. The zero-order chi connectivity index (χ0) is 30.9. The lowest BCUT2D eigenvalue weighted by molar-refractivity contribution is -0.115. The van der Waals surface area contributed by atoms with Gasteiger partial charge in [0.2, 0.25) is 5.91 Å². The van der Waals surface area contributed by atoms with Crippen LogP contribution >= 0.6 is 39.0 Å². The summed E-state index contributed by atoms with van der Waals surface area (Å²) < 4.78 is 0.989. The molecule has 220 valence electrons. The van der Waals surface area contributed by atoms with E-state index >= 15 is 0 Å². The maximum atomic E-state index is 13.3. The van der Waals surface area contributed by atoms with Crippen LogP contribution in [0.1, 0.15) is 22.8 Å². The third kappa shape index (κ3) is 8.53. The molecule has 0 saturated carbocycles. The molecule has 3 N–H and O–H groups in total. The van der Waals surface area contributed by atoms with Crippen LogP contribution in [0.4, 0.5) is 10.8 Å². The first-order chi connectivity index (χ1) is 21.3. The van der Waals surface area contributed by atoms with E-state index in [9.17, 15) is 14.4 Å². The van der Waals surface area contributed by atoms with Crippen molar-refractivity contribution in [1.82, 2.24) is 10.3 Å². The zero-order valence-electron chi connectivity index (χ0n) is 23.5. The van der Waals surface area contributed by atoms with Crippen LogP contribution in [0.25, 0.3) is 17.3 Å². The monoisotopic (exact) mass is 682 g/mol. The lowest BCUT2D eigenvalue weighted by Crippen LogP contribution is -2.30. The number of rotatable bonds is 10. The Labute approximate surface area is 272 Å². The first kappa shape index (κ1) is 30.9. The molecule has 5 rings (SSSR count). The highest BCUT2D eigenvalue weighted by atomic mass is 79.9. The van der Waals surface area contributed by atoms with E-state index in [0.29, 0.717) is 16.4 Å². The largest absolute Gasteiger partial charge is 0.321 e. The lowest BCUT2D eigenvalue weighted by Gasteiger charge is -2.13. The third-order valence-electron chi connectivity index (χ3n) is 6.31. The van der Waals surface area contributed by atoms with Gasteiger partial charge >= 0.3 is 0 Å². The maximum Gasteiger partial charge on any atom is 0.272 e. The molecule has 0 bridgehead atoms. The minimum Gasteiger partial charge on any atom is -0.321 e. The molecule has 4 aromatic carbocycles. The lowest BCUT2D eigenvalue weighted by atomic mass is 10.1. The Hall–Kier alpha value is -4.51. The summed E-state index contributed by atoms with van der Waals surface area (Å²) in [6.45, 7) is 1.83. The highest BCUT2D eigenvalue weighted by molar-refractivity contribution is 9.10. The van der Waals surface area contributed by atoms with Crippen molar-refractivity contribution in [1.29, 1.82) is 0 Å². The summed E-state index contributed by atoms with van der Waals surface area (Å²) in [7, 11) is 0. The summed E-state index contributed by atoms with van der Waals surface area (Å²) in [5.41, 5.74) is 3.65. The van der Waals surface area contributed by atoms with Crippen molar-refractivity contribution in [3.05, 3.63) is 136 Å². The smallest absolute Gasteiger partial charge is 0.272 e. The van der Waals surface area contributed by atoms with Gasteiger partial charge in [-0.05, 0) is 67.1 Å². The van der Waals surface area contributed by atoms with Crippen LogP contribution in [0, 0.1) is 0 Å². The van der Waals surface area contributed by atoms with Crippen LogP contribution in [-0.2, 0) is 9.59 Å². The van der Waals surface area contributed by atoms with E-state index in [1.807, 2.05) is 85.1 Å². The van der Waals surface area contributed by atoms with Gasteiger partial charge in [-0.2, -0.15) is 0 Å². The fourth-order valence-electron chi connectivity index (χ4n) is 4.02. The van der Waals surface area contributed by atoms with Crippen LogP contribution in [0.5, 0.6) is 0 Å². The number of nitrogens with one attached hydrogen (secondary N) is 3. The second-order valence-corrected chi connectivity index (χ2v) is 12.7. The SMILES string of the molecule is CC(Sc1ccc(NC(=O)/C(=C/c2ccccc2)NC(=O)c2ccccc2)cc1)C(=O)Nc1nc(-c2ccc(Br)cc2)cs1. The number of carbonyl (C=O) groups excluding carboxylic acids is 3. The average molecular weight is 684 g/mol. The van der Waals surface area contributed by atoms with Crippen LogP contribution < -0.4 is 16.0 Å². The van der Waals surface area contributed by atoms with Crippen molar-refractivity contribution in [2.75, 3.05) is 10.6 Å². The quantitative estimate of drug-likeness (QED) is 0.102. The molecule has 10 heteroatoms. The third-order valence-corrected chi connectivity index (χ3v) is 8.71. The number of benzene rings is 4. The number of halogens is 1. The number of hydrogen-bond donors (Lipinski definition) is 3. The fourth-order valence-corrected chi connectivity index (χ4v) is 5.88. The molecule has 3 amide bonds. The highest BCUT2D eigenvalue weighted by Gasteiger charge is 2.18. The van der Waals surface area contributed by atoms with Gasteiger partial charge in [0.15, 0.2) is 5.13 Å². The number of aromatic nitrogens is 1. The van der Waals surface area contributed by atoms with Gasteiger partial charge in [-0.3, -0.25) is 14.4 Å². The van der Waals surface area contributed by atoms with Crippen LogP contribution in [-0.4, -0.2) is 28.0 Å². The molecule has 7 nitrogen and oxygen atoms in total. The number of amides is 3. The van der Waals surface area contributed by atoms with Crippen molar-refractivity contribution in [2.24, 2.45) is 0 Å². The first-order valence-electron chi connectivity index (χ1n) is 13.6. The molecule has 0 saturated heterocycles. The second kappa shape index (κ2) is 14.8. The van der Waals surface area contributed by atoms with Crippen molar-refractivity contribution in [2.45, 2.75) is 17.1 Å². The van der Waals surface area contributed by atoms with E-state index in [2.05, 4.69) is 36.9 Å². The topological polar surface area (TPSA) is 100 Å². The number of hydrogen-bond acceptors (Lipinski definition) is 6. The maximum absolute atomic E-state index is 13.3. The van der Waals surface area contributed by atoms with Gasteiger partial charge in [-0.25, -0.2) is 4.98 Å². The zero-order valence-corrected chi connectivity index (χ0v) is 26.7. The first-order valence-corrected chi connectivity index (χ1v) is 16.1. The molecule has 0 radical (unpaired) electrons. The van der Waals surface area contributed by atoms with E-state index in [-0.39, 0.29) is 22.8 Å². The Bertz CT molecular complexity index is 1780. The van der Waals surface area contributed by atoms with Gasteiger partial charge in [-0.1, -0.05) is 76.6 Å². The summed E-state index contributed by atoms with van der Waals surface area (Å²) >= 11 is 6.21. The highest BCUT2D eigenvalue weighted by Crippen LogP contribution is 2.29. The Morgan fingerprint density at radius 2 is 1.50 bits per heavy atom. The van der Waals surface area contributed by atoms with Crippen LogP contribution in [0.15, 0.2) is 130 Å². The number of thiazole rings is 1. The molecular weight excluding hydrogens is 656 g/mol. The van der Waals surface area contributed by atoms with E-state index in [4.69, 9.17) is 0 Å². The summed E-state index contributed by atoms with van der Waals surface area (Å²) in [6, 6.07) is 33.0. The predicted molar refractivity (Wildman–Crippen MR) is 183 cm³/mol. The van der Waals surface area contributed by atoms with E-state index in [1.54, 1.807) is 42.5 Å². The number of thioether (sulfide) groups is 1. The molecule has 1 unspecified atom stereocenters. The Kier molecular flexibility index (Phi) is 10.4.